The topological polar surface area (TPSA) is 76.2 Å². The monoisotopic (exact) mass is 305 g/mol. The fourth-order valence-corrected chi connectivity index (χ4v) is 3.58. The van der Waals surface area contributed by atoms with Crippen molar-refractivity contribution in [2.24, 2.45) is 12.8 Å². The fourth-order valence-electron chi connectivity index (χ4n) is 2.68. The SMILES string of the molecule is Cn1ccnc1C1CNCCN1Cc1cc(C(N)=O)cs1. The number of imidazole rings is 1. The quantitative estimate of drug-likeness (QED) is 0.873. The van der Waals surface area contributed by atoms with Gasteiger partial charge in [0, 0.05) is 55.9 Å². The van der Waals surface area contributed by atoms with E-state index >= 15 is 0 Å². The summed E-state index contributed by atoms with van der Waals surface area (Å²) in [6.45, 7) is 3.63. The van der Waals surface area contributed by atoms with E-state index in [0.717, 1.165) is 36.9 Å². The Balaban J connectivity index is 1.78. The van der Waals surface area contributed by atoms with Crippen molar-refractivity contribution in [1.29, 1.82) is 0 Å². The minimum Gasteiger partial charge on any atom is -0.366 e. The number of aryl methyl sites for hydroxylation is 1. The lowest BCUT2D eigenvalue weighted by Crippen LogP contribution is -2.46. The van der Waals surface area contributed by atoms with Gasteiger partial charge in [-0.05, 0) is 6.07 Å². The van der Waals surface area contributed by atoms with Crippen molar-refractivity contribution in [3.05, 3.63) is 40.1 Å². The maximum atomic E-state index is 11.2. The second-order valence-electron chi connectivity index (χ2n) is 5.25. The summed E-state index contributed by atoms with van der Waals surface area (Å²) >= 11 is 1.58. The standard InChI is InChI=1S/C14H19N5OS/c1-18-4-3-17-14(18)12-7-16-2-5-19(12)8-11-6-10(9-21-11)13(15)20/h3-4,6,9,12,16H,2,5,7-8H2,1H3,(H2,15,20). The number of piperazine rings is 1. The van der Waals surface area contributed by atoms with Gasteiger partial charge in [0.1, 0.15) is 5.82 Å². The highest BCUT2D eigenvalue weighted by Gasteiger charge is 2.27. The molecule has 3 heterocycles. The lowest BCUT2D eigenvalue weighted by Gasteiger charge is -2.35. The molecule has 0 spiro atoms. The number of hydrogen-bond acceptors (Lipinski definition) is 5. The summed E-state index contributed by atoms with van der Waals surface area (Å²) < 4.78 is 2.06. The molecule has 2 aromatic rings. The van der Waals surface area contributed by atoms with Crippen molar-refractivity contribution in [2.75, 3.05) is 19.6 Å². The Kier molecular flexibility index (Phi) is 4.05. The zero-order valence-electron chi connectivity index (χ0n) is 12.0. The van der Waals surface area contributed by atoms with Crippen LogP contribution in [0.2, 0.25) is 0 Å². The molecule has 6 nitrogen and oxygen atoms in total. The first-order chi connectivity index (χ1) is 10.1. The maximum Gasteiger partial charge on any atom is 0.249 e. The molecule has 0 radical (unpaired) electrons. The Morgan fingerprint density at radius 1 is 1.62 bits per heavy atom. The third kappa shape index (κ3) is 2.99. The minimum absolute atomic E-state index is 0.248. The van der Waals surface area contributed by atoms with Gasteiger partial charge >= 0.3 is 0 Å². The van der Waals surface area contributed by atoms with Gasteiger partial charge in [0.15, 0.2) is 0 Å². The molecule has 1 saturated heterocycles. The summed E-state index contributed by atoms with van der Waals surface area (Å²) in [6.07, 6.45) is 3.80. The van der Waals surface area contributed by atoms with E-state index in [-0.39, 0.29) is 11.9 Å². The molecular weight excluding hydrogens is 286 g/mol. The molecule has 1 fully saturated rings. The van der Waals surface area contributed by atoms with Gasteiger partial charge in [0.2, 0.25) is 5.91 Å². The van der Waals surface area contributed by atoms with E-state index in [1.54, 1.807) is 11.3 Å². The van der Waals surface area contributed by atoms with E-state index in [1.165, 1.54) is 0 Å². The summed E-state index contributed by atoms with van der Waals surface area (Å²) in [5.74, 6) is 0.701. The van der Waals surface area contributed by atoms with E-state index in [0.29, 0.717) is 5.56 Å². The van der Waals surface area contributed by atoms with Gasteiger partial charge in [-0.1, -0.05) is 0 Å². The fraction of sp³-hybridized carbons (Fsp3) is 0.429. The second-order valence-corrected chi connectivity index (χ2v) is 6.25. The van der Waals surface area contributed by atoms with Gasteiger partial charge in [-0.3, -0.25) is 9.69 Å². The number of aromatic nitrogens is 2. The van der Waals surface area contributed by atoms with Crippen molar-refractivity contribution < 1.29 is 4.79 Å². The first-order valence-corrected chi connectivity index (χ1v) is 7.82. The molecule has 1 amide bonds. The highest BCUT2D eigenvalue weighted by atomic mass is 32.1. The van der Waals surface area contributed by atoms with Gasteiger partial charge in [-0.25, -0.2) is 4.98 Å². The van der Waals surface area contributed by atoms with E-state index in [9.17, 15) is 4.79 Å². The smallest absolute Gasteiger partial charge is 0.249 e. The molecule has 3 rings (SSSR count). The number of nitrogens with one attached hydrogen (secondary N) is 1. The number of carbonyl (C=O) groups excluding carboxylic acids is 1. The van der Waals surface area contributed by atoms with E-state index < -0.39 is 0 Å². The van der Waals surface area contributed by atoms with Gasteiger partial charge in [0.05, 0.1) is 11.6 Å². The van der Waals surface area contributed by atoms with Crippen molar-refractivity contribution in [3.8, 4) is 0 Å². The highest BCUT2D eigenvalue weighted by Crippen LogP contribution is 2.25. The molecule has 1 unspecified atom stereocenters. The van der Waals surface area contributed by atoms with Crippen molar-refractivity contribution in [1.82, 2.24) is 19.8 Å². The van der Waals surface area contributed by atoms with Crippen LogP contribution in [0.1, 0.15) is 27.1 Å². The predicted molar refractivity (Wildman–Crippen MR) is 82.1 cm³/mol. The van der Waals surface area contributed by atoms with Gasteiger partial charge in [-0.2, -0.15) is 0 Å². The second kappa shape index (κ2) is 5.97. The van der Waals surface area contributed by atoms with Crippen LogP contribution in [-0.4, -0.2) is 40.0 Å². The maximum absolute atomic E-state index is 11.2. The third-order valence-corrected chi connectivity index (χ3v) is 4.73. The van der Waals surface area contributed by atoms with Crippen LogP contribution in [0.3, 0.4) is 0 Å². The number of primary amides is 1. The molecule has 21 heavy (non-hydrogen) atoms. The number of nitrogens with zero attached hydrogens (tertiary/aromatic N) is 3. The Bertz CT molecular complexity index is 635. The highest BCUT2D eigenvalue weighted by molar-refractivity contribution is 7.10. The summed E-state index contributed by atoms with van der Waals surface area (Å²) in [6, 6.07) is 2.14. The van der Waals surface area contributed by atoms with Crippen LogP contribution >= 0.6 is 11.3 Å². The average Bonchev–Trinajstić information content (AvgIpc) is 3.09. The first kappa shape index (κ1) is 14.2. The zero-order chi connectivity index (χ0) is 14.8. The molecule has 112 valence electrons. The van der Waals surface area contributed by atoms with Crippen molar-refractivity contribution >= 4 is 17.2 Å². The van der Waals surface area contributed by atoms with Crippen molar-refractivity contribution in [2.45, 2.75) is 12.6 Å². The summed E-state index contributed by atoms with van der Waals surface area (Å²) in [4.78, 5) is 19.2. The first-order valence-electron chi connectivity index (χ1n) is 6.94. The molecule has 1 aliphatic rings. The normalized spacial score (nSPS) is 19.8. The number of amides is 1. The molecule has 1 aliphatic heterocycles. The zero-order valence-corrected chi connectivity index (χ0v) is 12.8. The average molecular weight is 305 g/mol. The molecule has 7 heteroatoms. The van der Waals surface area contributed by atoms with E-state index in [1.807, 2.05) is 30.9 Å². The minimum atomic E-state index is -0.363. The van der Waals surface area contributed by atoms with Crippen LogP contribution in [-0.2, 0) is 13.6 Å². The molecular formula is C14H19N5OS. The van der Waals surface area contributed by atoms with Crippen LogP contribution in [0, 0.1) is 0 Å². The molecule has 0 bridgehead atoms. The van der Waals surface area contributed by atoms with Gasteiger partial charge in [0.25, 0.3) is 0 Å². The summed E-state index contributed by atoms with van der Waals surface area (Å²) in [7, 11) is 2.02. The van der Waals surface area contributed by atoms with Crippen LogP contribution < -0.4 is 11.1 Å². The Morgan fingerprint density at radius 2 is 2.48 bits per heavy atom. The van der Waals surface area contributed by atoms with Crippen LogP contribution in [0.5, 0.6) is 0 Å². The number of nitrogens with two attached hydrogens (primary N) is 1. The van der Waals surface area contributed by atoms with Crippen LogP contribution in [0.15, 0.2) is 23.8 Å². The van der Waals surface area contributed by atoms with Gasteiger partial charge in [-0.15, -0.1) is 11.3 Å². The predicted octanol–water partition coefficient (Wildman–Crippen LogP) is 0.727. The van der Waals surface area contributed by atoms with E-state index in [4.69, 9.17) is 5.73 Å². The molecule has 0 aliphatic carbocycles. The Labute approximate surface area is 127 Å². The molecule has 3 N–H and O–H groups in total. The third-order valence-electron chi connectivity index (χ3n) is 3.81. The summed E-state index contributed by atoms with van der Waals surface area (Å²) in [5.41, 5.74) is 5.91. The summed E-state index contributed by atoms with van der Waals surface area (Å²) in [5, 5.41) is 5.25. The lowest BCUT2D eigenvalue weighted by molar-refractivity contribution is 0.100. The number of hydrogen-bond donors (Lipinski definition) is 2. The van der Waals surface area contributed by atoms with Gasteiger partial charge < -0.3 is 15.6 Å². The lowest BCUT2D eigenvalue weighted by atomic mass is 10.1. The van der Waals surface area contributed by atoms with E-state index in [2.05, 4.69) is 19.8 Å². The van der Waals surface area contributed by atoms with Crippen LogP contribution in [0.4, 0.5) is 0 Å². The van der Waals surface area contributed by atoms with Crippen LogP contribution in [0.25, 0.3) is 0 Å². The van der Waals surface area contributed by atoms with Crippen molar-refractivity contribution in [3.63, 3.8) is 0 Å². The largest absolute Gasteiger partial charge is 0.366 e. The molecule has 1 atom stereocenters. The number of carbonyl (C=O) groups is 1. The Morgan fingerprint density at radius 3 is 3.14 bits per heavy atom. The molecule has 0 aromatic carbocycles. The molecule has 0 saturated carbocycles. The molecule has 2 aromatic heterocycles. The number of thiophene rings is 1. The Hall–Kier alpha value is -1.70. The number of rotatable bonds is 4.